The largest absolute Gasteiger partial charge is 0.456 e. The van der Waals surface area contributed by atoms with Gasteiger partial charge in [0.05, 0.1) is 0 Å². The van der Waals surface area contributed by atoms with Crippen LogP contribution in [0.2, 0.25) is 0 Å². The minimum Gasteiger partial charge on any atom is -0.456 e. The number of carbonyl (C=O) groups is 2. The molecule has 0 fully saturated rings. The topological polar surface area (TPSA) is 55.4 Å². The van der Waals surface area contributed by atoms with Gasteiger partial charge in [-0.05, 0) is 6.42 Å². The van der Waals surface area contributed by atoms with Gasteiger partial charge in [0, 0.05) is 13.5 Å². The van der Waals surface area contributed by atoms with Crippen molar-refractivity contribution < 1.29 is 14.3 Å². The van der Waals surface area contributed by atoms with Crippen LogP contribution in [0.25, 0.3) is 0 Å². The third-order valence-corrected chi connectivity index (χ3v) is 0.979. The molecule has 0 unspecified atom stereocenters. The van der Waals surface area contributed by atoms with E-state index in [4.69, 9.17) is 0 Å². The van der Waals surface area contributed by atoms with Crippen LogP contribution in [0, 0.1) is 0 Å². The predicted octanol–water partition coefficient (Wildman–Crippen LogP) is 0.0757. The molecule has 0 aliphatic rings. The fourth-order valence-electron chi connectivity index (χ4n) is 0.483. The van der Waals surface area contributed by atoms with Crippen molar-refractivity contribution in [1.29, 1.82) is 0 Å². The Morgan fingerprint density at radius 1 is 1.45 bits per heavy atom. The van der Waals surface area contributed by atoms with E-state index in [9.17, 15) is 9.59 Å². The number of hydrogen-bond acceptors (Lipinski definition) is 3. The van der Waals surface area contributed by atoms with Crippen LogP contribution in [0.5, 0.6) is 0 Å². The van der Waals surface area contributed by atoms with Gasteiger partial charge in [-0.15, -0.1) is 0 Å². The van der Waals surface area contributed by atoms with E-state index in [0.29, 0.717) is 6.54 Å². The van der Waals surface area contributed by atoms with Crippen molar-refractivity contribution in [3.05, 3.63) is 0 Å². The zero-order valence-corrected chi connectivity index (χ0v) is 6.85. The number of nitrogens with one attached hydrogen (secondary N) is 1. The van der Waals surface area contributed by atoms with Crippen LogP contribution in [-0.4, -0.2) is 25.0 Å². The molecular formula is C7H13NO3. The lowest BCUT2D eigenvalue weighted by Gasteiger charge is -2.02. The number of carbonyl (C=O) groups excluding carboxylic acids is 2. The second kappa shape index (κ2) is 5.70. The first-order valence-corrected chi connectivity index (χ1v) is 3.57. The van der Waals surface area contributed by atoms with Crippen LogP contribution < -0.4 is 5.32 Å². The molecule has 64 valence electrons. The van der Waals surface area contributed by atoms with E-state index >= 15 is 0 Å². The molecule has 4 heteroatoms. The lowest BCUT2D eigenvalue weighted by atomic mass is 10.5. The zero-order valence-electron chi connectivity index (χ0n) is 6.85. The van der Waals surface area contributed by atoms with Crippen LogP contribution in [0.1, 0.15) is 20.3 Å². The number of hydrogen-bond donors (Lipinski definition) is 1. The molecule has 0 saturated carbocycles. The summed E-state index contributed by atoms with van der Waals surface area (Å²) in [5.41, 5.74) is 0. The molecule has 0 aromatic heterocycles. The molecule has 1 amide bonds. The highest BCUT2D eigenvalue weighted by Crippen LogP contribution is 1.77. The van der Waals surface area contributed by atoms with Gasteiger partial charge in [0.1, 0.15) is 0 Å². The van der Waals surface area contributed by atoms with Gasteiger partial charge in [-0.2, -0.15) is 0 Å². The van der Waals surface area contributed by atoms with Gasteiger partial charge in [0.15, 0.2) is 6.61 Å². The summed E-state index contributed by atoms with van der Waals surface area (Å²) < 4.78 is 4.45. The van der Waals surface area contributed by atoms with Crippen LogP contribution in [-0.2, 0) is 14.3 Å². The third-order valence-electron chi connectivity index (χ3n) is 0.979. The minimum atomic E-state index is -0.434. The second-order valence-corrected chi connectivity index (χ2v) is 2.13. The van der Waals surface area contributed by atoms with Crippen molar-refractivity contribution >= 4 is 11.9 Å². The van der Waals surface area contributed by atoms with E-state index in [0.717, 1.165) is 6.42 Å². The molecule has 11 heavy (non-hydrogen) atoms. The summed E-state index contributed by atoms with van der Waals surface area (Å²) in [4.78, 5) is 20.9. The third kappa shape index (κ3) is 6.83. The van der Waals surface area contributed by atoms with E-state index < -0.39 is 5.97 Å². The summed E-state index contributed by atoms with van der Waals surface area (Å²) in [6.45, 7) is 3.68. The maximum Gasteiger partial charge on any atom is 0.303 e. The zero-order chi connectivity index (χ0) is 8.69. The highest BCUT2D eigenvalue weighted by Gasteiger charge is 2.00. The van der Waals surface area contributed by atoms with E-state index in [1.807, 2.05) is 6.92 Å². The fourth-order valence-corrected chi connectivity index (χ4v) is 0.483. The smallest absolute Gasteiger partial charge is 0.303 e. The van der Waals surface area contributed by atoms with Crippen LogP contribution in [0.4, 0.5) is 0 Å². The summed E-state index contributed by atoms with van der Waals surface area (Å²) in [5, 5.41) is 2.57. The predicted molar refractivity (Wildman–Crippen MR) is 39.9 cm³/mol. The lowest BCUT2D eigenvalue weighted by molar-refractivity contribution is -0.146. The van der Waals surface area contributed by atoms with Crippen molar-refractivity contribution in [1.82, 2.24) is 5.32 Å². The number of ether oxygens (including phenoxy) is 1. The molecule has 0 aliphatic heterocycles. The molecule has 0 aromatic rings. The Balaban J connectivity index is 3.30. The van der Waals surface area contributed by atoms with E-state index in [2.05, 4.69) is 10.1 Å². The molecule has 0 spiro atoms. The molecule has 0 bridgehead atoms. The van der Waals surface area contributed by atoms with Crippen LogP contribution in [0.3, 0.4) is 0 Å². The number of amides is 1. The quantitative estimate of drug-likeness (QED) is 0.591. The van der Waals surface area contributed by atoms with E-state index in [1.165, 1.54) is 6.92 Å². The summed E-state index contributed by atoms with van der Waals surface area (Å²) in [6, 6.07) is 0. The minimum absolute atomic E-state index is 0.171. The standard InChI is InChI=1S/C7H13NO3/c1-3-4-8-7(10)5-11-6(2)9/h3-5H2,1-2H3,(H,8,10). The normalized spacial score (nSPS) is 8.91. The number of esters is 1. The van der Waals surface area contributed by atoms with Gasteiger partial charge in [-0.1, -0.05) is 6.92 Å². The van der Waals surface area contributed by atoms with Gasteiger partial charge in [-0.25, -0.2) is 0 Å². The highest BCUT2D eigenvalue weighted by atomic mass is 16.5. The van der Waals surface area contributed by atoms with Gasteiger partial charge in [-0.3, -0.25) is 9.59 Å². The average molecular weight is 159 g/mol. The Labute approximate surface area is 65.9 Å². The van der Waals surface area contributed by atoms with Crippen LogP contribution >= 0.6 is 0 Å². The van der Waals surface area contributed by atoms with Gasteiger partial charge < -0.3 is 10.1 Å². The average Bonchev–Trinajstić information content (AvgIpc) is 1.97. The van der Waals surface area contributed by atoms with E-state index in [-0.39, 0.29) is 12.5 Å². The lowest BCUT2D eigenvalue weighted by Crippen LogP contribution is -2.28. The van der Waals surface area contributed by atoms with Crippen molar-refractivity contribution in [2.24, 2.45) is 0 Å². The molecule has 1 N–H and O–H groups in total. The van der Waals surface area contributed by atoms with Gasteiger partial charge in [0.25, 0.3) is 5.91 Å². The molecular weight excluding hydrogens is 146 g/mol. The summed E-state index contributed by atoms with van der Waals surface area (Å²) in [5.74, 6) is -0.682. The Bertz CT molecular complexity index is 145. The maximum atomic E-state index is 10.7. The molecule has 0 atom stereocenters. The Kier molecular flexibility index (Phi) is 5.15. The molecule has 0 rings (SSSR count). The molecule has 0 radical (unpaired) electrons. The monoisotopic (exact) mass is 159 g/mol. The van der Waals surface area contributed by atoms with E-state index in [1.54, 1.807) is 0 Å². The molecule has 0 aliphatic carbocycles. The first-order valence-electron chi connectivity index (χ1n) is 3.57. The molecule has 0 saturated heterocycles. The van der Waals surface area contributed by atoms with Crippen molar-refractivity contribution in [3.8, 4) is 0 Å². The maximum absolute atomic E-state index is 10.7. The Morgan fingerprint density at radius 2 is 2.09 bits per heavy atom. The van der Waals surface area contributed by atoms with Crippen molar-refractivity contribution in [2.45, 2.75) is 20.3 Å². The van der Waals surface area contributed by atoms with Gasteiger partial charge >= 0.3 is 5.97 Å². The molecule has 0 aromatic carbocycles. The van der Waals surface area contributed by atoms with Gasteiger partial charge in [0.2, 0.25) is 0 Å². The van der Waals surface area contributed by atoms with Crippen molar-refractivity contribution in [2.75, 3.05) is 13.2 Å². The fraction of sp³-hybridized carbons (Fsp3) is 0.714. The molecule has 0 heterocycles. The summed E-state index contributed by atoms with van der Waals surface area (Å²) in [7, 11) is 0. The Hall–Kier alpha value is -1.06. The first kappa shape index (κ1) is 9.94. The Morgan fingerprint density at radius 3 is 2.55 bits per heavy atom. The SMILES string of the molecule is CCCNC(=O)COC(C)=O. The second-order valence-electron chi connectivity index (χ2n) is 2.13. The summed E-state index contributed by atoms with van der Waals surface area (Å²) >= 11 is 0. The highest BCUT2D eigenvalue weighted by molar-refractivity contribution is 5.79. The number of rotatable bonds is 4. The summed E-state index contributed by atoms with van der Waals surface area (Å²) in [6.07, 6.45) is 0.881. The first-order chi connectivity index (χ1) is 5.16. The van der Waals surface area contributed by atoms with Crippen molar-refractivity contribution in [3.63, 3.8) is 0 Å². The van der Waals surface area contributed by atoms with Crippen LogP contribution in [0.15, 0.2) is 0 Å². The molecule has 4 nitrogen and oxygen atoms in total.